The van der Waals surface area contributed by atoms with Crippen molar-refractivity contribution >= 4 is 17.6 Å². The zero-order chi connectivity index (χ0) is 15.1. The van der Waals surface area contributed by atoms with Gasteiger partial charge in [-0.3, -0.25) is 4.79 Å². The molecule has 1 heterocycles. The summed E-state index contributed by atoms with van der Waals surface area (Å²) in [5.41, 5.74) is 0.858. The summed E-state index contributed by atoms with van der Waals surface area (Å²) in [6.07, 6.45) is 6.05. The first-order chi connectivity index (χ1) is 10.2. The minimum absolute atomic E-state index is 0.229. The summed E-state index contributed by atoms with van der Waals surface area (Å²) >= 11 is 0. The Kier molecular flexibility index (Phi) is 5.37. The van der Waals surface area contributed by atoms with Crippen LogP contribution in [-0.4, -0.2) is 31.1 Å². The molecule has 2 N–H and O–H groups in total. The number of allylic oxidation sites excluding steroid dienone is 1. The number of hydrogen-bond acceptors (Lipinski definition) is 4. The van der Waals surface area contributed by atoms with E-state index in [2.05, 4.69) is 10.6 Å². The molecule has 0 saturated heterocycles. The highest BCUT2D eigenvalue weighted by Gasteiger charge is 2.25. The predicted octanol–water partition coefficient (Wildman–Crippen LogP) is 1.86. The van der Waals surface area contributed by atoms with E-state index in [9.17, 15) is 9.59 Å². The number of ether oxygens (including phenoxy) is 1. The summed E-state index contributed by atoms with van der Waals surface area (Å²) in [7, 11) is 1.33. The number of carbonyl (C=O) groups is 2. The van der Waals surface area contributed by atoms with Crippen LogP contribution in [0.3, 0.4) is 0 Å². The van der Waals surface area contributed by atoms with Crippen LogP contribution in [0.2, 0.25) is 0 Å². The van der Waals surface area contributed by atoms with Crippen molar-refractivity contribution < 1.29 is 14.3 Å². The van der Waals surface area contributed by atoms with Crippen LogP contribution in [0.4, 0.5) is 5.69 Å². The van der Waals surface area contributed by atoms with Crippen molar-refractivity contribution in [2.45, 2.75) is 31.3 Å². The van der Waals surface area contributed by atoms with Crippen LogP contribution >= 0.6 is 0 Å². The van der Waals surface area contributed by atoms with Gasteiger partial charge in [0.15, 0.2) is 0 Å². The third kappa shape index (κ3) is 4.34. The normalized spacial score (nSPS) is 24.0. The second kappa shape index (κ2) is 7.47. The van der Waals surface area contributed by atoms with Gasteiger partial charge in [-0.2, -0.15) is 0 Å². The Morgan fingerprint density at radius 1 is 1.33 bits per heavy atom. The number of hydrogen-bond donors (Lipinski definition) is 2. The van der Waals surface area contributed by atoms with Gasteiger partial charge in [0, 0.05) is 5.69 Å². The molecular weight excluding hydrogens is 268 g/mol. The van der Waals surface area contributed by atoms with Gasteiger partial charge >= 0.3 is 5.97 Å². The van der Waals surface area contributed by atoms with Crippen LogP contribution in [0.15, 0.2) is 42.5 Å². The first-order valence-corrected chi connectivity index (χ1v) is 7.07. The van der Waals surface area contributed by atoms with Crippen molar-refractivity contribution in [2.75, 3.05) is 12.4 Å². The zero-order valence-corrected chi connectivity index (χ0v) is 12.0. The van der Waals surface area contributed by atoms with Gasteiger partial charge in [-0.25, -0.2) is 4.79 Å². The maximum Gasteiger partial charge on any atom is 0.328 e. The van der Waals surface area contributed by atoms with Crippen molar-refractivity contribution in [1.29, 1.82) is 0 Å². The Morgan fingerprint density at radius 2 is 2.10 bits per heavy atom. The van der Waals surface area contributed by atoms with Crippen LogP contribution < -0.4 is 10.6 Å². The number of methoxy groups -OCH3 is 1. The fourth-order valence-corrected chi connectivity index (χ4v) is 2.24. The minimum Gasteiger partial charge on any atom is -0.467 e. The van der Waals surface area contributed by atoms with Crippen LogP contribution in [0.5, 0.6) is 0 Å². The molecule has 2 atom stereocenters. The van der Waals surface area contributed by atoms with E-state index in [-0.39, 0.29) is 5.91 Å². The van der Waals surface area contributed by atoms with E-state index in [0.717, 1.165) is 18.5 Å². The molecule has 1 aromatic rings. The Hall–Kier alpha value is -2.30. The van der Waals surface area contributed by atoms with Crippen molar-refractivity contribution in [1.82, 2.24) is 5.32 Å². The fourth-order valence-electron chi connectivity index (χ4n) is 2.24. The van der Waals surface area contributed by atoms with E-state index in [4.69, 9.17) is 4.74 Å². The molecule has 0 bridgehead atoms. The van der Waals surface area contributed by atoms with Crippen molar-refractivity contribution in [2.24, 2.45) is 0 Å². The van der Waals surface area contributed by atoms with E-state index in [1.54, 1.807) is 0 Å². The molecule has 0 radical (unpaired) electrons. The average Bonchev–Trinajstić information content (AvgIpc) is 2.60. The van der Waals surface area contributed by atoms with E-state index in [0.29, 0.717) is 6.42 Å². The highest BCUT2D eigenvalue weighted by atomic mass is 16.5. The van der Waals surface area contributed by atoms with Gasteiger partial charge < -0.3 is 15.4 Å². The third-order valence-electron chi connectivity index (χ3n) is 3.37. The molecule has 1 aliphatic heterocycles. The molecule has 1 aliphatic rings. The van der Waals surface area contributed by atoms with E-state index >= 15 is 0 Å². The molecule has 5 heteroatoms. The second-order valence-electron chi connectivity index (χ2n) is 4.93. The van der Waals surface area contributed by atoms with Gasteiger partial charge in [0.05, 0.1) is 7.11 Å². The molecule has 2 unspecified atom stereocenters. The van der Waals surface area contributed by atoms with E-state index in [1.807, 2.05) is 42.5 Å². The topological polar surface area (TPSA) is 67.4 Å². The van der Waals surface area contributed by atoms with Crippen LogP contribution in [-0.2, 0) is 14.3 Å². The average molecular weight is 288 g/mol. The summed E-state index contributed by atoms with van der Waals surface area (Å²) < 4.78 is 4.73. The molecule has 21 heavy (non-hydrogen) atoms. The lowest BCUT2D eigenvalue weighted by atomic mass is 10.1. The van der Waals surface area contributed by atoms with Crippen molar-refractivity contribution in [3.8, 4) is 0 Å². The number of anilines is 1. The molecule has 2 rings (SSSR count). The van der Waals surface area contributed by atoms with Gasteiger partial charge in [0.1, 0.15) is 12.1 Å². The smallest absolute Gasteiger partial charge is 0.328 e. The molecular formula is C16H20N2O3. The highest BCUT2D eigenvalue weighted by Crippen LogP contribution is 2.12. The minimum atomic E-state index is -0.581. The van der Waals surface area contributed by atoms with Crippen molar-refractivity contribution in [3.05, 3.63) is 42.5 Å². The Bertz CT molecular complexity index is 514. The van der Waals surface area contributed by atoms with Gasteiger partial charge in [-0.15, -0.1) is 0 Å². The number of esters is 1. The maximum atomic E-state index is 12.3. The maximum absolute atomic E-state index is 12.3. The summed E-state index contributed by atoms with van der Waals surface area (Å²) in [5.74, 6) is -0.629. The van der Waals surface area contributed by atoms with Gasteiger partial charge in [0.25, 0.3) is 0 Å². The lowest BCUT2D eigenvalue weighted by molar-refractivity contribution is -0.145. The van der Waals surface area contributed by atoms with Gasteiger partial charge in [0.2, 0.25) is 5.91 Å². The third-order valence-corrected chi connectivity index (χ3v) is 3.37. The van der Waals surface area contributed by atoms with Crippen molar-refractivity contribution in [3.63, 3.8) is 0 Å². The highest BCUT2D eigenvalue weighted by molar-refractivity contribution is 5.90. The van der Waals surface area contributed by atoms with E-state index < -0.39 is 18.1 Å². The first kappa shape index (κ1) is 15.1. The van der Waals surface area contributed by atoms with Crippen LogP contribution in [0, 0.1) is 0 Å². The molecule has 1 aromatic carbocycles. The Morgan fingerprint density at radius 3 is 2.81 bits per heavy atom. The molecule has 0 spiro atoms. The number of benzene rings is 1. The summed E-state index contributed by atoms with van der Waals surface area (Å²) in [6, 6.07) is 8.42. The molecule has 0 saturated carbocycles. The molecule has 5 nitrogen and oxygen atoms in total. The number of nitrogens with one attached hydrogen (secondary N) is 2. The van der Waals surface area contributed by atoms with Gasteiger partial charge in [-0.05, 0) is 31.4 Å². The lowest BCUT2D eigenvalue weighted by Crippen LogP contribution is -2.47. The molecule has 1 amide bonds. The number of para-hydroxylation sites is 1. The zero-order valence-electron chi connectivity index (χ0n) is 12.0. The first-order valence-electron chi connectivity index (χ1n) is 7.07. The predicted molar refractivity (Wildman–Crippen MR) is 80.8 cm³/mol. The van der Waals surface area contributed by atoms with Gasteiger partial charge in [-0.1, -0.05) is 30.4 Å². The SMILES string of the molecule is COC(=O)C1CCC/C=C\C(Nc2ccccc2)C(=O)N1. The monoisotopic (exact) mass is 288 g/mol. The lowest BCUT2D eigenvalue weighted by Gasteiger charge is -2.20. The van der Waals surface area contributed by atoms with E-state index in [1.165, 1.54) is 7.11 Å². The molecule has 0 aliphatic carbocycles. The van der Waals surface area contributed by atoms with Crippen LogP contribution in [0.1, 0.15) is 19.3 Å². The Labute approximate surface area is 124 Å². The quantitative estimate of drug-likeness (QED) is 0.658. The summed E-state index contributed by atoms with van der Waals surface area (Å²) in [4.78, 5) is 24.0. The largest absolute Gasteiger partial charge is 0.467 e. The summed E-state index contributed by atoms with van der Waals surface area (Å²) in [6.45, 7) is 0. The summed E-state index contributed by atoms with van der Waals surface area (Å²) in [5, 5.41) is 5.91. The van der Waals surface area contributed by atoms with Crippen LogP contribution in [0.25, 0.3) is 0 Å². The molecule has 0 fully saturated rings. The number of amides is 1. The standard InChI is InChI=1S/C16H20N2O3/c1-21-16(20)14-11-7-3-6-10-13(15(19)18-14)17-12-8-4-2-5-9-12/h2,4-6,8-10,13-14,17H,3,7,11H2,1H3,(H,18,19)/b10-6-. The number of rotatable bonds is 3. The number of carbonyl (C=O) groups excluding carboxylic acids is 2. The second-order valence-corrected chi connectivity index (χ2v) is 4.93. The fraction of sp³-hybridized carbons (Fsp3) is 0.375. The molecule has 0 aromatic heterocycles. The molecule has 112 valence electrons. The Balaban J connectivity index is 2.10.